The average molecular weight is 634 g/mol. The van der Waals surface area contributed by atoms with Crippen LogP contribution in [0, 0.1) is 0 Å². The third-order valence-corrected chi connectivity index (χ3v) is 11.3. The number of nitrogens with zero attached hydrogens (tertiary/aromatic N) is 2. The van der Waals surface area contributed by atoms with Gasteiger partial charge in [0.2, 0.25) is 5.69 Å². The lowest BCUT2D eigenvalue weighted by Crippen LogP contribution is -2.28. The van der Waals surface area contributed by atoms with Crippen molar-refractivity contribution in [1.82, 2.24) is 0 Å². The summed E-state index contributed by atoms with van der Waals surface area (Å²) in [6, 6.07) is 27.1. The Hall–Kier alpha value is -4.17. The minimum absolute atomic E-state index is 0.0607. The van der Waals surface area contributed by atoms with E-state index in [4.69, 9.17) is 0 Å². The second-order valence-corrected chi connectivity index (χ2v) is 15.2. The van der Waals surface area contributed by atoms with Gasteiger partial charge in [-0.3, -0.25) is 0 Å². The Kier molecular flexibility index (Phi) is 8.79. The van der Waals surface area contributed by atoms with Gasteiger partial charge in [-0.15, -0.1) is 0 Å². The Morgan fingerprint density at radius 3 is 2.15 bits per heavy atom. The van der Waals surface area contributed by atoms with E-state index in [1.807, 2.05) is 0 Å². The van der Waals surface area contributed by atoms with Crippen molar-refractivity contribution >= 4 is 38.6 Å². The molecule has 0 atom stereocenters. The van der Waals surface area contributed by atoms with E-state index < -0.39 is 0 Å². The molecule has 2 nitrogen and oxygen atoms in total. The summed E-state index contributed by atoms with van der Waals surface area (Å²) in [5.74, 6) is 0. The summed E-state index contributed by atoms with van der Waals surface area (Å²) in [5.41, 5.74) is 11.3. The van der Waals surface area contributed by atoms with Crippen molar-refractivity contribution < 1.29 is 4.58 Å². The van der Waals surface area contributed by atoms with Gasteiger partial charge in [0, 0.05) is 47.5 Å². The first-order chi connectivity index (χ1) is 23.3. The maximum absolute atomic E-state index is 2.64. The normalized spacial score (nSPS) is 20.0. The minimum Gasteiger partial charge on any atom is -0.344 e. The molecular formula is C46H53N2+. The molecule has 4 aromatic rings. The predicted molar refractivity (Wildman–Crippen MR) is 208 cm³/mol. The van der Waals surface area contributed by atoms with Crippen LogP contribution in [0.3, 0.4) is 0 Å². The van der Waals surface area contributed by atoms with Crippen molar-refractivity contribution in [1.29, 1.82) is 0 Å². The Morgan fingerprint density at radius 2 is 1.42 bits per heavy atom. The number of anilines is 1. The molecule has 2 heterocycles. The van der Waals surface area contributed by atoms with Crippen LogP contribution in [0.2, 0.25) is 0 Å². The van der Waals surface area contributed by atoms with Crippen LogP contribution < -0.4 is 4.90 Å². The first kappa shape index (κ1) is 32.4. The van der Waals surface area contributed by atoms with Gasteiger partial charge in [0.1, 0.15) is 6.54 Å². The van der Waals surface area contributed by atoms with Crippen LogP contribution in [0.1, 0.15) is 97.6 Å². The Morgan fingerprint density at radius 1 is 0.708 bits per heavy atom. The summed E-state index contributed by atoms with van der Waals surface area (Å²) in [5, 5.41) is 5.43. The lowest BCUT2D eigenvalue weighted by Gasteiger charge is -2.26. The van der Waals surface area contributed by atoms with E-state index in [2.05, 4.69) is 154 Å². The fourth-order valence-electron chi connectivity index (χ4n) is 8.86. The molecule has 0 saturated carbocycles. The van der Waals surface area contributed by atoms with Crippen molar-refractivity contribution in [3.05, 3.63) is 131 Å². The highest BCUT2D eigenvalue weighted by Crippen LogP contribution is 2.51. The van der Waals surface area contributed by atoms with Gasteiger partial charge in [-0.1, -0.05) is 106 Å². The van der Waals surface area contributed by atoms with E-state index in [1.54, 1.807) is 0 Å². The number of hydrogen-bond donors (Lipinski definition) is 0. The summed E-state index contributed by atoms with van der Waals surface area (Å²) in [6.07, 6.45) is 20.7. The van der Waals surface area contributed by atoms with E-state index in [-0.39, 0.29) is 10.8 Å². The second kappa shape index (κ2) is 13.0. The summed E-state index contributed by atoms with van der Waals surface area (Å²) in [6.45, 7) is 16.3. The zero-order valence-corrected chi connectivity index (χ0v) is 30.1. The van der Waals surface area contributed by atoms with Gasteiger partial charge in [0.25, 0.3) is 0 Å². The molecule has 3 aliphatic rings. The van der Waals surface area contributed by atoms with Crippen molar-refractivity contribution in [2.24, 2.45) is 0 Å². The van der Waals surface area contributed by atoms with Gasteiger partial charge < -0.3 is 4.90 Å². The van der Waals surface area contributed by atoms with Crippen molar-refractivity contribution in [2.75, 3.05) is 18.0 Å². The van der Waals surface area contributed by atoms with Crippen LogP contribution in [0.15, 0.2) is 120 Å². The van der Waals surface area contributed by atoms with Gasteiger partial charge in [-0.2, -0.15) is 4.58 Å². The highest BCUT2D eigenvalue weighted by Gasteiger charge is 2.45. The molecule has 0 bridgehead atoms. The maximum atomic E-state index is 2.64. The van der Waals surface area contributed by atoms with Crippen LogP contribution in [-0.4, -0.2) is 23.4 Å². The molecule has 1 aliphatic carbocycles. The highest BCUT2D eigenvalue weighted by atomic mass is 15.2. The molecule has 0 N–H and O–H groups in total. The SMILES string of the molecule is CCCCCC[N+]1=C(/C=C/C2=CC(=C/C=C3\N(CC)c4ccc5ccccc5c4C3(C)C)/CCC2)C(C)(C)c2c1ccc1ccccc21. The van der Waals surface area contributed by atoms with Crippen LogP contribution in [-0.2, 0) is 10.8 Å². The van der Waals surface area contributed by atoms with Gasteiger partial charge in [-0.25, -0.2) is 0 Å². The Labute approximate surface area is 288 Å². The molecule has 0 fully saturated rings. The standard InChI is InChI=1S/C46H53N2/c1-7-9-10-15-31-48-40-28-26-36-20-12-14-22-38(36)44(40)46(5,6)42(48)30-24-34-18-16-17-33(32-34)23-29-41-45(3,4)43-37-21-13-11-19-35(37)25-27-39(43)47(41)8-2/h11-14,19-30,32H,7-10,15-18,31H2,1-6H3/q+1. The van der Waals surface area contributed by atoms with Crippen molar-refractivity contribution in [3.63, 3.8) is 0 Å². The van der Waals surface area contributed by atoms with Gasteiger partial charge in [0.05, 0.1) is 5.41 Å². The monoisotopic (exact) mass is 633 g/mol. The number of rotatable bonds is 9. The van der Waals surface area contributed by atoms with Crippen LogP contribution >= 0.6 is 0 Å². The topological polar surface area (TPSA) is 6.25 Å². The molecule has 0 amide bonds. The number of benzene rings is 4. The van der Waals surface area contributed by atoms with Crippen LogP contribution in [0.4, 0.5) is 11.4 Å². The lowest BCUT2D eigenvalue weighted by atomic mass is 9.79. The third-order valence-electron chi connectivity index (χ3n) is 11.3. The number of fused-ring (bicyclic) bond motifs is 6. The van der Waals surface area contributed by atoms with Crippen LogP contribution in [0.25, 0.3) is 21.5 Å². The average Bonchev–Trinajstić information content (AvgIpc) is 3.46. The number of allylic oxidation sites excluding steroid dienone is 8. The van der Waals surface area contributed by atoms with E-state index >= 15 is 0 Å². The minimum atomic E-state index is -0.0629. The predicted octanol–water partition coefficient (Wildman–Crippen LogP) is 12.2. The van der Waals surface area contributed by atoms with Gasteiger partial charge in [0.15, 0.2) is 5.71 Å². The van der Waals surface area contributed by atoms with Gasteiger partial charge in [-0.05, 0) is 103 Å². The third kappa shape index (κ3) is 5.58. The Balaban J connectivity index is 1.21. The zero-order chi connectivity index (χ0) is 33.5. The number of likely N-dealkylation sites (N-methyl/N-ethyl adjacent to an activating group) is 1. The maximum Gasteiger partial charge on any atom is 0.210 e. The molecular weight excluding hydrogens is 581 g/mol. The number of unbranched alkanes of at least 4 members (excludes halogenated alkanes) is 3. The Bertz CT molecular complexity index is 2030. The molecule has 0 radical (unpaired) electrons. The highest BCUT2D eigenvalue weighted by molar-refractivity contribution is 6.07. The number of hydrogen-bond acceptors (Lipinski definition) is 1. The molecule has 0 saturated heterocycles. The quantitative estimate of drug-likeness (QED) is 0.131. The first-order valence-electron chi connectivity index (χ1n) is 18.5. The fraction of sp³-hybridized carbons (Fsp3) is 0.370. The van der Waals surface area contributed by atoms with E-state index in [0.29, 0.717) is 0 Å². The van der Waals surface area contributed by atoms with Crippen LogP contribution in [0.5, 0.6) is 0 Å². The largest absolute Gasteiger partial charge is 0.344 e. The summed E-state index contributed by atoms with van der Waals surface area (Å²) in [7, 11) is 0. The van der Waals surface area contributed by atoms with Crippen molar-refractivity contribution in [2.45, 2.75) is 97.3 Å². The molecule has 7 rings (SSSR count). The molecule has 0 unspecified atom stereocenters. The fourth-order valence-corrected chi connectivity index (χ4v) is 8.86. The molecule has 4 aromatic carbocycles. The molecule has 0 aromatic heterocycles. The van der Waals surface area contributed by atoms with Crippen molar-refractivity contribution in [3.8, 4) is 0 Å². The first-order valence-corrected chi connectivity index (χ1v) is 18.5. The zero-order valence-electron chi connectivity index (χ0n) is 30.1. The van der Waals surface area contributed by atoms with E-state index in [9.17, 15) is 0 Å². The molecule has 2 heteroatoms. The van der Waals surface area contributed by atoms with E-state index in [0.717, 1.165) is 25.9 Å². The summed E-state index contributed by atoms with van der Waals surface area (Å²) >= 11 is 0. The molecule has 2 aliphatic heterocycles. The molecule has 0 spiro atoms. The summed E-state index contributed by atoms with van der Waals surface area (Å²) < 4.78 is 2.64. The molecule has 246 valence electrons. The lowest BCUT2D eigenvalue weighted by molar-refractivity contribution is -0.438. The van der Waals surface area contributed by atoms with Gasteiger partial charge >= 0.3 is 0 Å². The summed E-state index contributed by atoms with van der Waals surface area (Å²) in [4.78, 5) is 2.53. The second-order valence-electron chi connectivity index (χ2n) is 15.2. The smallest absolute Gasteiger partial charge is 0.210 e. The molecule has 48 heavy (non-hydrogen) atoms. The van der Waals surface area contributed by atoms with E-state index in [1.165, 1.54) is 98.7 Å².